The van der Waals surface area contributed by atoms with Gasteiger partial charge in [-0.05, 0) is 68.1 Å². The van der Waals surface area contributed by atoms with Gasteiger partial charge in [0, 0.05) is 37.5 Å². The lowest BCUT2D eigenvalue weighted by Gasteiger charge is -2.26. The van der Waals surface area contributed by atoms with Crippen molar-refractivity contribution >= 4 is 17.4 Å². The van der Waals surface area contributed by atoms with Crippen LogP contribution in [0.2, 0.25) is 0 Å². The molecular formula is C33H39N3O6. The number of benzene rings is 2. The van der Waals surface area contributed by atoms with Gasteiger partial charge in [-0.1, -0.05) is 25.8 Å². The summed E-state index contributed by atoms with van der Waals surface area (Å²) in [4.78, 5) is 32.7. The minimum atomic E-state index is -0.787. The van der Waals surface area contributed by atoms with Gasteiger partial charge in [-0.2, -0.15) is 0 Å². The van der Waals surface area contributed by atoms with Gasteiger partial charge in [0.05, 0.1) is 31.2 Å². The number of aliphatic hydroxyl groups is 1. The predicted octanol–water partition coefficient (Wildman–Crippen LogP) is 5.69. The van der Waals surface area contributed by atoms with Crippen molar-refractivity contribution in [1.29, 1.82) is 0 Å². The molecule has 5 rings (SSSR count). The monoisotopic (exact) mass is 573 g/mol. The predicted molar refractivity (Wildman–Crippen MR) is 159 cm³/mol. The number of fused-ring (bicyclic) bond motifs is 1. The third-order valence-corrected chi connectivity index (χ3v) is 7.67. The summed E-state index contributed by atoms with van der Waals surface area (Å²) in [5.74, 6) is 0.383. The van der Waals surface area contributed by atoms with Crippen molar-refractivity contribution in [2.24, 2.45) is 0 Å². The van der Waals surface area contributed by atoms with E-state index in [0.717, 1.165) is 30.6 Å². The molecule has 2 aromatic carbocycles. The van der Waals surface area contributed by atoms with Crippen LogP contribution in [0, 0.1) is 0 Å². The van der Waals surface area contributed by atoms with Gasteiger partial charge in [0.1, 0.15) is 17.6 Å². The summed E-state index contributed by atoms with van der Waals surface area (Å²) in [5, 5.41) is 11.6. The van der Waals surface area contributed by atoms with Crippen LogP contribution in [-0.2, 0) is 22.6 Å². The highest BCUT2D eigenvalue weighted by Gasteiger charge is 2.46. The fourth-order valence-corrected chi connectivity index (χ4v) is 5.64. The van der Waals surface area contributed by atoms with Gasteiger partial charge in [-0.25, -0.2) is 4.98 Å². The number of Topliss-reactive ketones (excluding diaryl/α,β-unsaturated/α-hetero) is 1. The number of carbonyl (C=O) groups excluding carboxylic acids is 2. The van der Waals surface area contributed by atoms with Crippen LogP contribution in [0.25, 0.3) is 5.76 Å². The maximum atomic E-state index is 13.6. The van der Waals surface area contributed by atoms with E-state index in [0.29, 0.717) is 61.8 Å². The summed E-state index contributed by atoms with van der Waals surface area (Å²) in [6, 6.07) is 10.1. The number of amides is 1. The van der Waals surface area contributed by atoms with E-state index >= 15 is 0 Å². The molecule has 42 heavy (non-hydrogen) atoms. The topological polar surface area (TPSA) is 103 Å². The number of aromatic nitrogens is 2. The van der Waals surface area contributed by atoms with Crippen LogP contribution in [0.15, 0.2) is 60.7 Å². The Kier molecular flexibility index (Phi) is 9.15. The summed E-state index contributed by atoms with van der Waals surface area (Å²) in [5.41, 5.74) is 2.17. The van der Waals surface area contributed by atoms with Crippen LogP contribution in [0.4, 0.5) is 0 Å². The van der Waals surface area contributed by atoms with Crippen LogP contribution in [0.1, 0.15) is 69.2 Å². The number of carbonyl (C=O) groups is 2. The number of rotatable bonds is 13. The highest BCUT2D eigenvalue weighted by Crippen LogP contribution is 2.43. The van der Waals surface area contributed by atoms with E-state index in [1.165, 1.54) is 0 Å². The molecule has 3 heterocycles. The Morgan fingerprint density at radius 3 is 2.67 bits per heavy atom. The first-order valence-corrected chi connectivity index (χ1v) is 14.8. The van der Waals surface area contributed by atoms with Crippen molar-refractivity contribution in [2.45, 2.75) is 71.6 Å². The highest BCUT2D eigenvalue weighted by molar-refractivity contribution is 6.46. The molecule has 1 saturated heterocycles. The molecular weight excluding hydrogens is 534 g/mol. The van der Waals surface area contributed by atoms with E-state index in [1.807, 2.05) is 54.9 Å². The molecule has 222 valence electrons. The molecule has 1 N–H and O–H groups in total. The molecule has 0 saturated carbocycles. The number of hydrogen-bond donors (Lipinski definition) is 1. The maximum absolute atomic E-state index is 13.6. The molecule has 2 atom stereocenters. The lowest BCUT2D eigenvalue weighted by Crippen LogP contribution is -2.31. The normalized spacial score (nSPS) is 19.2. The highest BCUT2D eigenvalue weighted by atomic mass is 16.5. The number of unbranched alkanes of at least 4 members (excludes halogenated alkanes) is 2. The summed E-state index contributed by atoms with van der Waals surface area (Å²) in [7, 11) is 0. The second kappa shape index (κ2) is 13.1. The van der Waals surface area contributed by atoms with Gasteiger partial charge in [0.2, 0.25) is 0 Å². The van der Waals surface area contributed by atoms with Crippen LogP contribution in [-0.4, -0.2) is 57.1 Å². The largest absolute Gasteiger partial charge is 0.507 e. The van der Waals surface area contributed by atoms with Crippen LogP contribution < -0.4 is 14.2 Å². The molecule has 1 fully saturated rings. The van der Waals surface area contributed by atoms with Crippen molar-refractivity contribution in [3.05, 3.63) is 77.4 Å². The van der Waals surface area contributed by atoms with E-state index in [9.17, 15) is 14.7 Å². The number of likely N-dealkylation sites (tertiary alicyclic amines) is 1. The lowest BCUT2D eigenvalue weighted by molar-refractivity contribution is -0.139. The molecule has 0 bridgehead atoms. The van der Waals surface area contributed by atoms with Gasteiger partial charge in [-0.15, -0.1) is 0 Å². The standard InChI is InChI=1S/C33H39N3O6/c1-4-6-7-17-41-27-12-9-23(20-28(27)40-5-2)30-29(31(37)24-10-11-26-25(19-24)18-22(3)42-26)32(38)33(39)36(30)15-8-14-35-16-13-34-21-35/h9-13,16,19-22,30,37H,4-8,14-15,17-18H2,1-3H3/b31-29+/t22-,30+/m0/s1. The van der Waals surface area contributed by atoms with Gasteiger partial charge in [0.15, 0.2) is 11.5 Å². The number of aliphatic hydroxyl groups excluding tert-OH is 1. The Labute approximate surface area is 246 Å². The van der Waals surface area contributed by atoms with Crippen LogP contribution >= 0.6 is 0 Å². The molecule has 1 amide bonds. The molecule has 0 radical (unpaired) electrons. The van der Waals surface area contributed by atoms with E-state index < -0.39 is 17.7 Å². The fraction of sp³-hybridized carbons (Fsp3) is 0.424. The molecule has 9 nitrogen and oxygen atoms in total. The van der Waals surface area contributed by atoms with Crippen molar-refractivity contribution in [3.63, 3.8) is 0 Å². The van der Waals surface area contributed by atoms with Crippen LogP contribution in [0.3, 0.4) is 0 Å². The van der Waals surface area contributed by atoms with Gasteiger partial charge in [0.25, 0.3) is 11.7 Å². The average Bonchev–Trinajstić information content (AvgIpc) is 3.70. The summed E-state index contributed by atoms with van der Waals surface area (Å²) in [6.07, 6.45) is 9.74. The molecule has 0 unspecified atom stereocenters. The zero-order valence-corrected chi connectivity index (χ0v) is 24.5. The van der Waals surface area contributed by atoms with Crippen molar-refractivity contribution in [2.75, 3.05) is 19.8 Å². The number of hydrogen-bond acceptors (Lipinski definition) is 7. The van der Waals surface area contributed by atoms with E-state index in [4.69, 9.17) is 14.2 Å². The first-order valence-electron chi connectivity index (χ1n) is 14.8. The fourth-order valence-electron chi connectivity index (χ4n) is 5.64. The smallest absolute Gasteiger partial charge is 0.295 e. The zero-order valence-electron chi connectivity index (χ0n) is 24.5. The zero-order chi connectivity index (χ0) is 29.6. The average molecular weight is 574 g/mol. The SMILES string of the molecule is CCCCCOc1ccc([C@@H]2/C(=C(\O)c3ccc4c(c3)C[C@H](C)O4)C(=O)C(=O)N2CCCn2ccnc2)cc1OCC. The quantitative estimate of drug-likeness (QED) is 0.121. The van der Waals surface area contributed by atoms with E-state index in [-0.39, 0.29) is 17.4 Å². The summed E-state index contributed by atoms with van der Waals surface area (Å²) >= 11 is 0. The van der Waals surface area contributed by atoms with Gasteiger partial charge in [-0.3, -0.25) is 9.59 Å². The number of ether oxygens (including phenoxy) is 3. The first kappa shape index (κ1) is 29.2. The molecule has 9 heteroatoms. The van der Waals surface area contributed by atoms with Crippen molar-refractivity contribution in [3.8, 4) is 17.2 Å². The van der Waals surface area contributed by atoms with Crippen molar-refractivity contribution in [1.82, 2.24) is 14.5 Å². The number of aryl methyl sites for hydroxylation is 1. The number of imidazole rings is 1. The third kappa shape index (κ3) is 6.15. The Morgan fingerprint density at radius 1 is 1.05 bits per heavy atom. The van der Waals surface area contributed by atoms with Crippen molar-refractivity contribution < 1.29 is 28.9 Å². The Hall–Kier alpha value is -4.27. The molecule has 0 aliphatic carbocycles. The molecule has 2 aliphatic rings. The second-order valence-electron chi connectivity index (χ2n) is 10.8. The Morgan fingerprint density at radius 2 is 1.90 bits per heavy atom. The number of nitrogens with zero attached hydrogens (tertiary/aromatic N) is 3. The molecule has 1 aromatic heterocycles. The molecule has 2 aliphatic heterocycles. The summed E-state index contributed by atoms with van der Waals surface area (Å²) < 4.78 is 19.7. The minimum Gasteiger partial charge on any atom is -0.507 e. The third-order valence-electron chi connectivity index (χ3n) is 7.67. The lowest BCUT2D eigenvalue weighted by atomic mass is 9.94. The second-order valence-corrected chi connectivity index (χ2v) is 10.8. The first-order chi connectivity index (χ1) is 20.4. The van der Waals surface area contributed by atoms with E-state index in [2.05, 4.69) is 11.9 Å². The maximum Gasteiger partial charge on any atom is 0.295 e. The van der Waals surface area contributed by atoms with Gasteiger partial charge < -0.3 is 28.8 Å². The minimum absolute atomic E-state index is 0.0400. The Bertz CT molecular complexity index is 1450. The van der Waals surface area contributed by atoms with Crippen LogP contribution in [0.5, 0.6) is 17.2 Å². The molecule has 3 aromatic rings. The molecule has 0 spiro atoms. The number of ketones is 1. The Balaban J connectivity index is 1.52. The van der Waals surface area contributed by atoms with Gasteiger partial charge >= 0.3 is 0 Å². The van der Waals surface area contributed by atoms with E-state index in [1.54, 1.807) is 23.5 Å². The summed E-state index contributed by atoms with van der Waals surface area (Å²) in [6.45, 7) is 7.97.